The molecule has 0 saturated carbocycles. The Balaban J connectivity index is 2.06. The van der Waals surface area contributed by atoms with E-state index in [4.69, 9.17) is 20.6 Å². The Hall–Kier alpha value is -3.26. The lowest BCUT2D eigenvalue weighted by molar-refractivity contribution is -0.136. The van der Waals surface area contributed by atoms with Gasteiger partial charge in [0.05, 0.1) is 7.11 Å². The zero-order chi connectivity index (χ0) is 18.1. The first-order valence-electron chi connectivity index (χ1n) is 7.46. The Labute approximate surface area is 145 Å². The van der Waals surface area contributed by atoms with Crippen molar-refractivity contribution in [1.29, 1.82) is 0 Å². The summed E-state index contributed by atoms with van der Waals surface area (Å²) in [4.78, 5) is 11.4. The van der Waals surface area contributed by atoms with Crippen LogP contribution in [0.15, 0.2) is 48.5 Å². The second-order valence-electron chi connectivity index (χ2n) is 4.94. The number of methoxy groups -OCH3 is 1. The number of terminal acetylenes is 1. The number of esters is 1. The number of benzene rings is 2. The van der Waals surface area contributed by atoms with Crippen molar-refractivity contribution in [1.82, 2.24) is 0 Å². The third-order valence-electron chi connectivity index (χ3n) is 3.24. The molecule has 2 aromatic rings. The zero-order valence-corrected chi connectivity index (χ0v) is 13.7. The Bertz CT molecular complexity index is 806. The molecule has 0 aromatic heterocycles. The number of carbonyl (C=O) groups excluding carboxylic acids is 1. The van der Waals surface area contributed by atoms with E-state index in [1.807, 2.05) is 0 Å². The lowest BCUT2D eigenvalue weighted by Gasteiger charge is -2.11. The van der Waals surface area contributed by atoms with Gasteiger partial charge in [-0.2, -0.15) is 0 Å². The molecule has 128 valence electrons. The van der Waals surface area contributed by atoms with Gasteiger partial charge in [-0.05, 0) is 29.8 Å². The van der Waals surface area contributed by atoms with E-state index in [9.17, 15) is 9.18 Å². The van der Waals surface area contributed by atoms with Crippen LogP contribution >= 0.6 is 0 Å². The van der Waals surface area contributed by atoms with Crippen molar-refractivity contribution >= 4 is 12.0 Å². The average molecular weight is 340 g/mol. The zero-order valence-electron chi connectivity index (χ0n) is 13.7. The smallest absolute Gasteiger partial charge is 0.331 e. The molecule has 0 spiro atoms. The fraction of sp³-hybridized carbons (Fsp3) is 0.150. The molecule has 0 unspecified atom stereocenters. The van der Waals surface area contributed by atoms with E-state index in [0.717, 1.165) is 0 Å². The minimum Gasteiger partial charge on any atom is -0.493 e. The van der Waals surface area contributed by atoms with Gasteiger partial charge < -0.3 is 14.2 Å². The van der Waals surface area contributed by atoms with Crippen LogP contribution < -0.4 is 9.47 Å². The molecule has 0 atom stereocenters. The van der Waals surface area contributed by atoms with E-state index in [-0.39, 0.29) is 19.0 Å². The van der Waals surface area contributed by atoms with Crippen LogP contribution in [0.25, 0.3) is 6.08 Å². The lowest BCUT2D eigenvalue weighted by Crippen LogP contribution is -2.00. The van der Waals surface area contributed by atoms with Gasteiger partial charge in [0.1, 0.15) is 12.4 Å². The van der Waals surface area contributed by atoms with Gasteiger partial charge in [0, 0.05) is 11.6 Å². The normalized spacial score (nSPS) is 10.3. The van der Waals surface area contributed by atoms with Gasteiger partial charge in [-0.3, -0.25) is 0 Å². The largest absolute Gasteiger partial charge is 0.493 e. The minimum absolute atomic E-state index is 0.0741. The van der Waals surface area contributed by atoms with Gasteiger partial charge in [-0.15, -0.1) is 6.42 Å². The van der Waals surface area contributed by atoms with Gasteiger partial charge in [0.25, 0.3) is 0 Å². The standard InChI is InChI=1S/C20H17FO4/c1-3-12-24-20(22)11-9-15-8-10-18(19(13-15)23-2)25-14-16-6-4-5-7-17(16)21/h1,4-11,13H,12,14H2,2H3/b11-9+. The third kappa shape index (κ3) is 5.40. The molecular formula is C20H17FO4. The van der Waals surface area contributed by atoms with Crippen molar-refractivity contribution in [2.24, 2.45) is 0 Å². The summed E-state index contributed by atoms with van der Waals surface area (Å²) >= 11 is 0. The molecule has 0 amide bonds. The maximum atomic E-state index is 13.6. The van der Waals surface area contributed by atoms with Gasteiger partial charge in [-0.25, -0.2) is 9.18 Å². The van der Waals surface area contributed by atoms with Crippen LogP contribution in [0.4, 0.5) is 4.39 Å². The molecule has 25 heavy (non-hydrogen) atoms. The molecule has 0 radical (unpaired) electrons. The molecule has 4 nitrogen and oxygen atoms in total. The van der Waals surface area contributed by atoms with E-state index in [1.165, 1.54) is 19.3 Å². The molecule has 5 heteroatoms. The maximum absolute atomic E-state index is 13.6. The van der Waals surface area contributed by atoms with Crippen molar-refractivity contribution in [3.05, 3.63) is 65.5 Å². The molecule has 0 saturated heterocycles. The highest BCUT2D eigenvalue weighted by Gasteiger charge is 2.07. The Morgan fingerprint density at radius 2 is 2.04 bits per heavy atom. The topological polar surface area (TPSA) is 44.8 Å². The molecule has 2 aromatic carbocycles. The summed E-state index contributed by atoms with van der Waals surface area (Å²) in [5, 5.41) is 0. The Kier molecular flexibility index (Phi) is 6.61. The summed E-state index contributed by atoms with van der Waals surface area (Å²) in [7, 11) is 1.50. The number of halogens is 1. The maximum Gasteiger partial charge on any atom is 0.331 e. The minimum atomic E-state index is -0.531. The lowest BCUT2D eigenvalue weighted by atomic mass is 10.2. The number of ether oxygens (including phenoxy) is 3. The second kappa shape index (κ2) is 9.14. The summed E-state index contributed by atoms with van der Waals surface area (Å²) < 4.78 is 29.3. The predicted octanol–water partition coefficient (Wildman–Crippen LogP) is 3.60. The average Bonchev–Trinajstić information content (AvgIpc) is 2.64. The summed E-state index contributed by atoms with van der Waals surface area (Å²) in [5.74, 6) is 2.29. The summed E-state index contributed by atoms with van der Waals surface area (Å²) in [5.41, 5.74) is 1.16. The number of rotatable bonds is 7. The molecule has 0 fully saturated rings. The predicted molar refractivity (Wildman–Crippen MR) is 92.6 cm³/mol. The van der Waals surface area contributed by atoms with Crippen LogP contribution in [0.5, 0.6) is 11.5 Å². The van der Waals surface area contributed by atoms with Crippen molar-refractivity contribution in [3.63, 3.8) is 0 Å². The summed E-state index contributed by atoms with van der Waals surface area (Å²) in [6.45, 7) is 0.00590. The van der Waals surface area contributed by atoms with E-state index in [1.54, 1.807) is 42.5 Å². The second-order valence-corrected chi connectivity index (χ2v) is 4.94. The number of carbonyl (C=O) groups is 1. The fourth-order valence-corrected chi connectivity index (χ4v) is 2.00. The molecule has 0 heterocycles. The van der Waals surface area contributed by atoms with Crippen LogP contribution in [0.2, 0.25) is 0 Å². The van der Waals surface area contributed by atoms with Crippen LogP contribution in [0, 0.1) is 18.2 Å². The first-order valence-corrected chi connectivity index (χ1v) is 7.46. The monoisotopic (exact) mass is 340 g/mol. The van der Waals surface area contributed by atoms with Crippen LogP contribution in [0.3, 0.4) is 0 Å². The SMILES string of the molecule is C#CCOC(=O)/C=C/c1ccc(OCc2ccccc2F)c(OC)c1. The molecule has 2 rings (SSSR count). The highest BCUT2D eigenvalue weighted by molar-refractivity contribution is 5.87. The van der Waals surface area contributed by atoms with Crippen molar-refractivity contribution in [2.75, 3.05) is 13.7 Å². The van der Waals surface area contributed by atoms with Crippen molar-refractivity contribution < 1.29 is 23.4 Å². The summed E-state index contributed by atoms with van der Waals surface area (Å²) in [6.07, 6.45) is 7.85. The van der Waals surface area contributed by atoms with Gasteiger partial charge in [0.15, 0.2) is 18.1 Å². The van der Waals surface area contributed by atoms with Crippen molar-refractivity contribution in [2.45, 2.75) is 6.61 Å². The molecule has 0 aliphatic heterocycles. The molecule has 0 N–H and O–H groups in total. The van der Waals surface area contributed by atoms with E-state index < -0.39 is 5.97 Å². The Morgan fingerprint density at radius 1 is 1.24 bits per heavy atom. The van der Waals surface area contributed by atoms with E-state index in [2.05, 4.69) is 5.92 Å². The van der Waals surface area contributed by atoms with Crippen LogP contribution in [-0.2, 0) is 16.1 Å². The summed E-state index contributed by atoms with van der Waals surface area (Å²) in [6, 6.07) is 11.5. The van der Waals surface area contributed by atoms with Gasteiger partial charge in [0.2, 0.25) is 0 Å². The fourth-order valence-electron chi connectivity index (χ4n) is 2.00. The van der Waals surface area contributed by atoms with Gasteiger partial charge in [-0.1, -0.05) is 30.2 Å². The molecular weight excluding hydrogens is 323 g/mol. The molecule has 0 aliphatic rings. The van der Waals surface area contributed by atoms with Crippen LogP contribution in [0.1, 0.15) is 11.1 Å². The first-order chi connectivity index (χ1) is 12.1. The first kappa shape index (κ1) is 18.1. The quantitative estimate of drug-likeness (QED) is 0.439. The highest BCUT2D eigenvalue weighted by atomic mass is 19.1. The Morgan fingerprint density at radius 3 is 2.76 bits per heavy atom. The van der Waals surface area contributed by atoms with Crippen LogP contribution in [-0.4, -0.2) is 19.7 Å². The number of hydrogen-bond donors (Lipinski definition) is 0. The highest BCUT2D eigenvalue weighted by Crippen LogP contribution is 2.29. The van der Waals surface area contributed by atoms with E-state index in [0.29, 0.717) is 22.6 Å². The molecule has 0 bridgehead atoms. The molecule has 0 aliphatic carbocycles. The van der Waals surface area contributed by atoms with E-state index >= 15 is 0 Å². The van der Waals surface area contributed by atoms with Crippen molar-refractivity contribution in [3.8, 4) is 23.8 Å². The third-order valence-corrected chi connectivity index (χ3v) is 3.24. The van der Waals surface area contributed by atoms with Gasteiger partial charge >= 0.3 is 5.97 Å². The number of hydrogen-bond acceptors (Lipinski definition) is 4.